The first-order chi connectivity index (χ1) is 13.4. The average Bonchev–Trinajstić information content (AvgIpc) is 3.30. The number of hydrogen-bond acceptors (Lipinski definition) is 6. The highest BCUT2D eigenvalue weighted by Crippen LogP contribution is 2.18. The van der Waals surface area contributed by atoms with Gasteiger partial charge in [-0.05, 0) is 39.6 Å². The van der Waals surface area contributed by atoms with E-state index < -0.39 is 4.92 Å². The summed E-state index contributed by atoms with van der Waals surface area (Å²) in [6.07, 6.45) is 1.43. The number of benzene rings is 1. The Labute approximate surface area is 164 Å². The molecule has 3 rings (SSSR count). The van der Waals surface area contributed by atoms with Gasteiger partial charge in [0.25, 0.3) is 5.91 Å². The van der Waals surface area contributed by atoms with Crippen LogP contribution in [0.4, 0.5) is 17.2 Å². The molecule has 28 heavy (non-hydrogen) atoms. The summed E-state index contributed by atoms with van der Waals surface area (Å²) < 4.78 is 1.56. The van der Waals surface area contributed by atoms with Gasteiger partial charge in [-0.3, -0.25) is 9.59 Å². The van der Waals surface area contributed by atoms with Crippen LogP contribution < -0.4 is 10.6 Å². The van der Waals surface area contributed by atoms with Crippen LogP contribution in [0.15, 0.2) is 48.0 Å². The molecule has 0 atom stereocenters. The Kier molecular flexibility index (Phi) is 5.80. The largest absolute Gasteiger partial charge is 0.381 e. The molecule has 10 heteroatoms. The van der Waals surface area contributed by atoms with Crippen LogP contribution in [-0.2, 0) is 11.3 Å². The highest BCUT2D eigenvalue weighted by molar-refractivity contribution is 7.12. The molecule has 144 valence electrons. The van der Waals surface area contributed by atoms with Gasteiger partial charge in [-0.1, -0.05) is 12.1 Å². The first-order valence-electron chi connectivity index (χ1n) is 8.35. The molecular formula is C18H17N5O4S. The lowest BCUT2D eigenvalue weighted by atomic mass is 10.2. The third kappa shape index (κ3) is 4.80. The molecule has 0 saturated heterocycles. The summed E-state index contributed by atoms with van der Waals surface area (Å²) in [5.74, 6) is -0.238. The van der Waals surface area contributed by atoms with Crippen molar-refractivity contribution in [1.29, 1.82) is 0 Å². The number of nitrogens with zero attached hydrogens (tertiary/aromatic N) is 3. The van der Waals surface area contributed by atoms with Crippen LogP contribution in [0.25, 0.3) is 0 Å². The van der Waals surface area contributed by atoms with E-state index in [0.717, 1.165) is 0 Å². The molecule has 3 aromatic rings. The fourth-order valence-corrected chi connectivity index (χ4v) is 3.15. The van der Waals surface area contributed by atoms with Gasteiger partial charge in [0.15, 0.2) is 0 Å². The minimum absolute atomic E-state index is 0.125. The fraction of sp³-hybridized carbons (Fsp3) is 0.167. The van der Waals surface area contributed by atoms with Crippen LogP contribution >= 0.6 is 11.3 Å². The molecule has 9 nitrogen and oxygen atoms in total. The zero-order valence-electron chi connectivity index (χ0n) is 14.9. The number of amides is 2. The molecular weight excluding hydrogens is 382 g/mol. The van der Waals surface area contributed by atoms with Gasteiger partial charge in [0, 0.05) is 31.3 Å². The summed E-state index contributed by atoms with van der Waals surface area (Å²) in [5, 5.41) is 18.1. The highest BCUT2D eigenvalue weighted by Gasteiger charge is 2.15. The minimum Gasteiger partial charge on any atom is -0.358 e. The van der Waals surface area contributed by atoms with Gasteiger partial charge in [-0.25, -0.2) is 0 Å². The number of hydrogen-bond donors (Lipinski definition) is 2. The Morgan fingerprint density at radius 3 is 2.61 bits per heavy atom. The normalized spacial score (nSPS) is 10.5. The second-order valence-electron chi connectivity index (χ2n) is 5.91. The molecule has 0 bridgehead atoms. The van der Waals surface area contributed by atoms with E-state index in [9.17, 15) is 19.7 Å². The quantitative estimate of drug-likeness (QED) is 0.466. The van der Waals surface area contributed by atoms with Crippen molar-refractivity contribution < 1.29 is 14.5 Å². The third-order valence-electron chi connectivity index (χ3n) is 3.88. The monoisotopic (exact) mass is 399 g/mol. The van der Waals surface area contributed by atoms with Gasteiger partial charge in [0.05, 0.1) is 4.88 Å². The summed E-state index contributed by atoms with van der Waals surface area (Å²) in [6, 6.07) is 10.4. The zero-order chi connectivity index (χ0) is 20.1. The molecule has 0 unspecified atom stereocenters. The lowest BCUT2D eigenvalue weighted by Gasteiger charge is -2.09. The molecule has 2 heterocycles. The van der Waals surface area contributed by atoms with Crippen LogP contribution in [-0.4, -0.2) is 26.3 Å². The van der Waals surface area contributed by atoms with E-state index in [-0.39, 0.29) is 30.6 Å². The summed E-state index contributed by atoms with van der Waals surface area (Å²) in [6.45, 7) is 1.91. The van der Waals surface area contributed by atoms with Gasteiger partial charge < -0.3 is 25.3 Å². The Morgan fingerprint density at radius 1 is 1.21 bits per heavy atom. The predicted molar refractivity (Wildman–Crippen MR) is 106 cm³/mol. The molecule has 0 radical (unpaired) electrons. The fourth-order valence-electron chi connectivity index (χ4n) is 2.53. The van der Waals surface area contributed by atoms with Gasteiger partial charge >= 0.3 is 5.82 Å². The van der Waals surface area contributed by atoms with Crippen molar-refractivity contribution in [2.75, 3.05) is 10.6 Å². The van der Waals surface area contributed by atoms with Gasteiger partial charge in [0.2, 0.25) is 11.7 Å². The summed E-state index contributed by atoms with van der Waals surface area (Å²) >= 11 is 1.34. The first kappa shape index (κ1) is 19.2. The zero-order valence-corrected chi connectivity index (χ0v) is 15.7. The molecule has 1 aromatic carbocycles. The van der Waals surface area contributed by atoms with Crippen molar-refractivity contribution in [3.8, 4) is 0 Å². The van der Waals surface area contributed by atoms with Crippen molar-refractivity contribution in [1.82, 2.24) is 9.55 Å². The summed E-state index contributed by atoms with van der Waals surface area (Å²) in [4.78, 5) is 38.9. The second kappa shape index (κ2) is 8.44. The third-order valence-corrected chi connectivity index (χ3v) is 4.75. The summed E-state index contributed by atoms with van der Waals surface area (Å²) in [5.41, 5.74) is 1.11. The molecule has 2 N–H and O–H groups in total. The Hall–Kier alpha value is -3.53. The smallest absolute Gasteiger partial charge is 0.358 e. The van der Waals surface area contributed by atoms with Crippen LogP contribution in [0.1, 0.15) is 21.9 Å². The van der Waals surface area contributed by atoms with E-state index in [1.807, 2.05) is 5.38 Å². The Morgan fingerprint density at radius 2 is 1.96 bits per heavy atom. The topological polar surface area (TPSA) is 119 Å². The average molecular weight is 399 g/mol. The Balaban J connectivity index is 1.57. The maximum atomic E-state index is 12.2. The van der Waals surface area contributed by atoms with E-state index in [2.05, 4.69) is 15.6 Å². The van der Waals surface area contributed by atoms with Crippen LogP contribution in [0.3, 0.4) is 0 Å². The van der Waals surface area contributed by atoms with Crippen molar-refractivity contribution in [2.45, 2.75) is 19.9 Å². The number of thiophene rings is 1. The molecule has 0 saturated carbocycles. The lowest BCUT2D eigenvalue weighted by molar-refractivity contribution is -0.389. The number of anilines is 2. The second-order valence-corrected chi connectivity index (χ2v) is 6.85. The van der Waals surface area contributed by atoms with Gasteiger partial charge in [-0.15, -0.1) is 11.3 Å². The number of nitro groups is 1. The number of imidazole rings is 1. The van der Waals surface area contributed by atoms with Gasteiger partial charge in [0.1, 0.15) is 6.20 Å². The molecule has 0 spiro atoms. The molecule has 0 aliphatic rings. The highest BCUT2D eigenvalue weighted by atomic mass is 32.1. The lowest BCUT2D eigenvalue weighted by Crippen LogP contribution is -2.15. The molecule has 0 fully saturated rings. The molecule has 2 aromatic heterocycles. The van der Waals surface area contributed by atoms with E-state index in [1.54, 1.807) is 47.9 Å². The first-order valence-corrected chi connectivity index (χ1v) is 9.23. The molecule has 2 amide bonds. The predicted octanol–water partition coefficient (Wildman–Crippen LogP) is 3.44. The maximum Gasteiger partial charge on any atom is 0.381 e. The minimum atomic E-state index is -0.570. The number of aryl methyl sites for hydroxylation is 2. The number of rotatable bonds is 7. The van der Waals surface area contributed by atoms with E-state index >= 15 is 0 Å². The number of nitrogens with one attached hydrogen (secondary N) is 2. The van der Waals surface area contributed by atoms with Crippen molar-refractivity contribution in [2.24, 2.45) is 0 Å². The van der Waals surface area contributed by atoms with Crippen LogP contribution in [0, 0.1) is 17.0 Å². The van der Waals surface area contributed by atoms with Crippen molar-refractivity contribution in [3.05, 3.63) is 68.8 Å². The number of carbonyl (C=O) groups excluding carboxylic acids is 2. The SMILES string of the molecule is Cc1nc([N+](=O)[O-])cn1CCC(=O)Nc1cccc(NC(=O)c2cccs2)c1. The van der Waals surface area contributed by atoms with E-state index in [0.29, 0.717) is 22.1 Å². The van der Waals surface area contributed by atoms with Crippen molar-refractivity contribution in [3.63, 3.8) is 0 Å². The van der Waals surface area contributed by atoms with Crippen LogP contribution in [0.2, 0.25) is 0 Å². The number of aromatic nitrogens is 2. The van der Waals surface area contributed by atoms with Gasteiger partial charge in [-0.2, -0.15) is 0 Å². The summed E-state index contributed by atoms with van der Waals surface area (Å²) in [7, 11) is 0. The Bertz CT molecular complexity index is 1010. The van der Waals surface area contributed by atoms with Crippen LogP contribution in [0.5, 0.6) is 0 Å². The molecule has 0 aliphatic carbocycles. The standard InChI is InChI=1S/C18H17N5O4S/c1-12-19-16(23(26)27)11-22(12)8-7-17(24)20-13-4-2-5-14(10-13)21-18(25)15-6-3-9-28-15/h2-6,9-11H,7-8H2,1H3,(H,20,24)(H,21,25). The van der Waals surface area contributed by atoms with E-state index in [4.69, 9.17) is 0 Å². The van der Waals surface area contributed by atoms with E-state index in [1.165, 1.54) is 17.5 Å². The van der Waals surface area contributed by atoms with Crippen molar-refractivity contribution >= 4 is 40.3 Å². The number of carbonyl (C=O) groups is 2. The maximum absolute atomic E-state index is 12.2. The molecule has 0 aliphatic heterocycles.